The van der Waals surface area contributed by atoms with E-state index in [0.29, 0.717) is 11.1 Å². The molecule has 1 aromatic rings. The van der Waals surface area contributed by atoms with E-state index in [-0.39, 0.29) is 5.28 Å². The first kappa shape index (κ1) is 7.75. The molecule has 0 aliphatic heterocycles. The third kappa shape index (κ3) is 1.58. The number of halogens is 2. The van der Waals surface area contributed by atoms with E-state index in [0.717, 1.165) is 5.56 Å². The van der Waals surface area contributed by atoms with Crippen LogP contribution >= 0.6 is 27.5 Å². The predicted molar refractivity (Wildman–Crippen MR) is 44.1 cm³/mol. The van der Waals surface area contributed by atoms with Crippen molar-refractivity contribution in [2.75, 3.05) is 5.73 Å². The second kappa shape index (κ2) is 3.16. The molecule has 0 saturated heterocycles. The molecule has 3 nitrogen and oxygen atoms in total. The molecule has 0 spiro atoms. The highest BCUT2D eigenvalue weighted by Crippen LogP contribution is 2.12. The fourth-order valence-corrected chi connectivity index (χ4v) is 1.07. The Balaban J connectivity index is 3.07. The fourth-order valence-electron chi connectivity index (χ4n) is 0.500. The molecule has 10 heavy (non-hydrogen) atoms. The van der Waals surface area contributed by atoms with Crippen LogP contribution < -0.4 is 5.73 Å². The third-order valence-corrected chi connectivity index (χ3v) is 1.80. The Morgan fingerprint density at radius 1 is 1.70 bits per heavy atom. The summed E-state index contributed by atoms with van der Waals surface area (Å²) in [5, 5.41) is 0.831. The zero-order chi connectivity index (χ0) is 7.56. The van der Waals surface area contributed by atoms with Crippen LogP contribution in [0.5, 0.6) is 0 Å². The smallest absolute Gasteiger partial charge is 0.224 e. The van der Waals surface area contributed by atoms with Crippen molar-refractivity contribution in [2.45, 2.75) is 5.33 Å². The standard InChI is InChI=1S/C5H5BrClN3/c6-1-3-2-9-5(7)10-4(3)8/h2H,1H2,(H2,8,9,10). The number of alkyl halides is 1. The lowest BCUT2D eigenvalue weighted by Crippen LogP contribution is -1.97. The van der Waals surface area contributed by atoms with E-state index < -0.39 is 0 Å². The molecule has 0 aliphatic rings. The summed E-state index contributed by atoms with van der Waals surface area (Å²) in [5.74, 6) is 0.428. The van der Waals surface area contributed by atoms with E-state index in [4.69, 9.17) is 17.3 Å². The van der Waals surface area contributed by atoms with Gasteiger partial charge in [0.05, 0.1) is 0 Å². The largest absolute Gasteiger partial charge is 0.383 e. The van der Waals surface area contributed by atoms with E-state index >= 15 is 0 Å². The van der Waals surface area contributed by atoms with Gasteiger partial charge in [-0.3, -0.25) is 0 Å². The number of nitrogens with zero attached hydrogens (tertiary/aromatic N) is 2. The molecule has 2 N–H and O–H groups in total. The summed E-state index contributed by atoms with van der Waals surface area (Å²) >= 11 is 8.69. The fraction of sp³-hybridized carbons (Fsp3) is 0.200. The Kier molecular flexibility index (Phi) is 2.45. The van der Waals surface area contributed by atoms with Gasteiger partial charge in [0.2, 0.25) is 5.28 Å². The minimum Gasteiger partial charge on any atom is -0.383 e. The van der Waals surface area contributed by atoms with Crippen molar-refractivity contribution in [3.63, 3.8) is 0 Å². The maximum atomic E-state index is 5.47. The Morgan fingerprint density at radius 3 is 2.90 bits per heavy atom. The molecule has 0 unspecified atom stereocenters. The molecule has 0 aliphatic carbocycles. The highest BCUT2D eigenvalue weighted by Gasteiger charge is 1.99. The molecule has 5 heteroatoms. The second-order valence-electron chi connectivity index (χ2n) is 1.68. The van der Waals surface area contributed by atoms with Crippen LogP contribution in [0.1, 0.15) is 5.56 Å². The van der Waals surface area contributed by atoms with Crippen LogP contribution in [-0.4, -0.2) is 9.97 Å². The van der Waals surface area contributed by atoms with Crippen molar-refractivity contribution in [2.24, 2.45) is 0 Å². The minimum atomic E-state index is 0.183. The minimum absolute atomic E-state index is 0.183. The first-order valence-corrected chi connectivity index (χ1v) is 4.07. The van der Waals surface area contributed by atoms with Crippen molar-refractivity contribution < 1.29 is 0 Å². The Hall–Kier alpha value is -0.350. The lowest BCUT2D eigenvalue weighted by molar-refractivity contribution is 1.13. The van der Waals surface area contributed by atoms with Gasteiger partial charge in [-0.1, -0.05) is 15.9 Å². The topological polar surface area (TPSA) is 51.8 Å². The van der Waals surface area contributed by atoms with Crippen LogP contribution in [0.25, 0.3) is 0 Å². The molecule has 0 radical (unpaired) electrons. The summed E-state index contributed by atoms with van der Waals surface area (Å²) < 4.78 is 0. The number of aromatic nitrogens is 2. The lowest BCUT2D eigenvalue weighted by Gasteiger charge is -1.97. The number of hydrogen-bond donors (Lipinski definition) is 1. The summed E-state index contributed by atoms with van der Waals surface area (Å²) in [6.45, 7) is 0. The van der Waals surface area contributed by atoms with Crippen LogP contribution in [0.4, 0.5) is 5.82 Å². The van der Waals surface area contributed by atoms with Crippen molar-refractivity contribution in [1.82, 2.24) is 9.97 Å². The van der Waals surface area contributed by atoms with E-state index in [9.17, 15) is 0 Å². The average Bonchev–Trinajstić information content (AvgIpc) is 1.88. The highest BCUT2D eigenvalue weighted by molar-refractivity contribution is 9.08. The lowest BCUT2D eigenvalue weighted by atomic mass is 10.4. The second-order valence-corrected chi connectivity index (χ2v) is 2.58. The van der Waals surface area contributed by atoms with Gasteiger partial charge in [-0.2, -0.15) is 0 Å². The summed E-state index contributed by atoms with van der Waals surface area (Å²) in [5.41, 5.74) is 6.32. The van der Waals surface area contributed by atoms with E-state index in [1.54, 1.807) is 6.20 Å². The first-order valence-electron chi connectivity index (χ1n) is 2.57. The molecule has 0 aromatic carbocycles. The third-order valence-electron chi connectivity index (χ3n) is 1.01. The number of anilines is 1. The molecule has 1 aromatic heterocycles. The van der Waals surface area contributed by atoms with Gasteiger partial charge in [-0.15, -0.1) is 0 Å². The van der Waals surface area contributed by atoms with Crippen molar-refractivity contribution >= 4 is 33.3 Å². The molecule has 54 valence electrons. The first-order chi connectivity index (χ1) is 4.74. The van der Waals surface area contributed by atoms with Gasteiger partial charge in [0, 0.05) is 17.1 Å². The van der Waals surface area contributed by atoms with Gasteiger partial charge in [0.25, 0.3) is 0 Å². The number of nitrogens with two attached hydrogens (primary N) is 1. The number of nitrogen functional groups attached to an aromatic ring is 1. The van der Waals surface area contributed by atoms with E-state index in [2.05, 4.69) is 25.9 Å². The monoisotopic (exact) mass is 221 g/mol. The summed E-state index contributed by atoms with van der Waals surface area (Å²) in [6.07, 6.45) is 1.60. The Morgan fingerprint density at radius 2 is 2.40 bits per heavy atom. The summed E-state index contributed by atoms with van der Waals surface area (Å²) in [6, 6.07) is 0. The number of hydrogen-bond acceptors (Lipinski definition) is 3. The van der Waals surface area contributed by atoms with Crippen molar-refractivity contribution in [3.05, 3.63) is 17.0 Å². The SMILES string of the molecule is Nc1nc(Cl)ncc1CBr. The number of rotatable bonds is 1. The van der Waals surface area contributed by atoms with Gasteiger partial charge < -0.3 is 5.73 Å². The average molecular weight is 222 g/mol. The zero-order valence-electron chi connectivity index (χ0n) is 5.01. The quantitative estimate of drug-likeness (QED) is 0.580. The van der Waals surface area contributed by atoms with Gasteiger partial charge in [0.1, 0.15) is 5.82 Å². The van der Waals surface area contributed by atoms with Gasteiger partial charge in [-0.25, -0.2) is 9.97 Å². The molecule has 0 bridgehead atoms. The molecular weight excluding hydrogens is 217 g/mol. The normalized spacial score (nSPS) is 9.80. The Bertz CT molecular complexity index is 240. The molecular formula is C5H5BrClN3. The van der Waals surface area contributed by atoms with Crippen LogP contribution in [-0.2, 0) is 5.33 Å². The maximum Gasteiger partial charge on any atom is 0.224 e. The van der Waals surface area contributed by atoms with Gasteiger partial charge >= 0.3 is 0 Å². The predicted octanol–water partition coefficient (Wildman–Crippen LogP) is 1.61. The van der Waals surface area contributed by atoms with Gasteiger partial charge in [0.15, 0.2) is 0 Å². The molecule has 1 heterocycles. The molecule has 0 fully saturated rings. The van der Waals surface area contributed by atoms with Crippen molar-refractivity contribution in [3.8, 4) is 0 Å². The molecule has 0 saturated carbocycles. The molecule has 0 atom stereocenters. The van der Waals surface area contributed by atoms with Crippen LogP contribution in [0.15, 0.2) is 6.20 Å². The van der Waals surface area contributed by atoms with E-state index in [1.807, 2.05) is 0 Å². The zero-order valence-corrected chi connectivity index (χ0v) is 7.35. The van der Waals surface area contributed by atoms with Gasteiger partial charge in [-0.05, 0) is 11.6 Å². The molecule has 1 rings (SSSR count). The van der Waals surface area contributed by atoms with Crippen molar-refractivity contribution in [1.29, 1.82) is 0 Å². The van der Waals surface area contributed by atoms with E-state index in [1.165, 1.54) is 0 Å². The van der Waals surface area contributed by atoms with Crippen LogP contribution in [0.3, 0.4) is 0 Å². The molecule has 0 amide bonds. The Labute approximate surface area is 71.7 Å². The highest BCUT2D eigenvalue weighted by atomic mass is 79.9. The maximum absolute atomic E-state index is 5.47. The summed E-state index contributed by atoms with van der Waals surface area (Å²) in [4.78, 5) is 7.50. The van der Waals surface area contributed by atoms with Crippen LogP contribution in [0, 0.1) is 0 Å². The van der Waals surface area contributed by atoms with Crippen LogP contribution in [0.2, 0.25) is 5.28 Å². The summed E-state index contributed by atoms with van der Waals surface area (Å²) in [7, 11) is 0.